The normalized spacial score (nSPS) is 21.3. The molecule has 1 aromatic rings. The maximum Gasteiger partial charge on any atom is 0.162 e. The second-order valence-corrected chi connectivity index (χ2v) is 8.40. The molecule has 2 aliphatic carbocycles. The smallest absolute Gasteiger partial charge is 0.162 e. The Hall–Kier alpha value is -1.06. The highest BCUT2D eigenvalue weighted by Gasteiger charge is 2.37. The first-order valence-electron chi connectivity index (χ1n) is 10.1. The number of Topliss-reactive ketones (excluding diaryl/α,β-unsaturated/α-hetero) is 1. The molecule has 0 bridgehead atoms. The van der Waals surface area contributed by atoms with Crippen molar-refractivity contribution in [2.75, 3.05) is 19.7 Å². The maximum absolute atomic E-state index is 12.2. The standard InChI is InChI=1S/C22H33NO2.ClH/c1-16(2)4-3-5-22(24)18-8-10-21(11-9-18)25-15-20-12-19(20)14-23-13-17-6-7-17;/h8-11,16-17,19-20,23H,3-7,12-15H2,1-2H3;1H. The van der Waals surface area contributed by atoms with E-state index in [1.165, 1.54) is 25.8 Å². The Morgan fingerprint density at radius 2 is 1.88 bits per heavy atom. The van der Waals surface area contributed by atoms with E-state index in [9.17, 15) is 4.79 Å². The van der Waals surface area contributed by atoms with Crippen LogP contribution in [0.3, 0.4) is 0 Å². The zero-order valence-electron chi connectivity index (χ0n) is 16.2. The molecule has 0 radical (unpaired) electrons. The first-order chi connectivity index (χ1) is 12.1. The van der Waals surface area contributed by atoms with Gasteiger partial charge >= 0.3 is 0 Å². The lowest BCUT2D eigenvalue weighted by atomic mass is 10.0. The van der Waals surface area contributed by atoms with Crippen LogP contribution in [0, 0.1) is 23.7 Å². The van der Waals surface area contributed by atoms with Gasteiger partial charge in [-0.3, -0.25) is 4.79 Å². The van der Waals surface area contributed by atoms with Crippen LogP contribution >= 0.6 is 12.4 Å². The highest BCUT2D eigenvalue weighted by Crippen LogP contribution is 2.38. The van der Waals surface area contributed by atoms with Crippen LogP contribution in [-0.4, -0.2) is 25.5 Å². The Labute approximate surface area is 164 Å². The Morgan fingerprint density at radius 3 is 2.54 bits per heavy atom. The van der Waals surface area contributed by atoms with Crippen LogP contribution in [0.25, 0.3) is 0 Å². The summed E-state index contributed by atoms with van der Waals surface area (Å²) in [5.41, 5.74) is 0.810. The van der Waals surface area contributed by atoms with Gasteiger partial charge in [0.05, 0.1) is 6.61 Å². The van der Waals surface area contributed by atoms with Gasteiger partial charge in [-0.1, -0.05) is 20.3 Å². The molecule has 0 amide bonds. The molecule has 3 rings (SSSR count). The van der Waals surface area contributed by atoms with Crippen LogP contribution in [0.4, 0.5) is 0 Å². The number of benzene rings is 1. The van der Waals surface area contributed by atoms with E-state index >= 15 is 0 Å². The van der Waals surface area contributed by atoms with Gasteiger partial charge in [0.1, 0.15) is 5.75 Å². The minimum absolute atomic E-state index is 0. The maximum atomic E-state index is 12.2. The third-order valence-corrected chi connectivity index (χ3v) is 5.43. The number of ketones is 1. The molecule has 2 unspecified atom stereocenters. The van der Waals surface area contributed by atoms with Crippen molar-refractivity contribution in [1.82, 2.24) is 5.32 Å². The molecule has 2 fully saturated rings. The topological polar surface area (TPSA) is 38.3 Å². The number of hydrogen-bond donors (Lipinski definition) is 1. The third kappa shape index (κ3) is 7.28. The predicted molar refractivity (Wildman–Crippen MR) is 109 cm³/mol. The number of carbonyl (C=O) groups excluding carboxylic acids is 1. The molecule has 2 atom stereocenters. The van der Waals surface area contributed by atoms with Gasteiger partial charge in [0.2, 0.25) is 0 Å². The fourth-order valence-corrected chi connectivity index (χ4v) is 3.31. The van der Waals surface area contributed by atoms with Gasteiger partial charge in [0, 0.05) is 12.0 Å². The van der Waals surface area contributed by atoms with Crippen LogP contribution in [-0.2, 0) is 0 Å². The second-order valence-electron chi connectivity index (χ2n) is 8.40. The van der Waals surface area contributed by atoms with E-state index in [1.54, 1.807) is 0 Å². The number of halogens is 1. The molecule has 0 saturated heterocycles. The van der Waals surface area contributed by atoms with Gasteiger partial charge < -0.3 is 10.1 Å². The largest absolute Gasteiger partial charge is 0.493 e. The van der Waals surface area contributed by atoms with Crippen molar-refractivity contribution in [1.29, 1.82) is 0 Å². The van der Waals surface area contributed by atoms with Crippen molar-refractivity contribution < 1.29 is 9.53 Å². The first-order valence-corrected chi connectivity index (χ1v) is 10.1. The van der Waals surface area contributed by atoms with E-state index in [4.69, 9.17) is 4.74 Å². The summed E-state index contributed by atoms with van der Waals surface area (Å²) in [6.45, 7) is 7.55. The van der Waals surface area contributed by atoms with Crippen molar-refractivity contribution in [3.8, 4) is 5.75 Å². The molecule has 2 saturated carbocycles. The minimum atomic E-state index is 0. The third-order valence-electron chi connectivity index (χ3n) is 5.43. The molecular weight excluding hydrogens is 346 g/mol. The molecule has 0 aliphatic heterocycles. The van der Waals surface area contributed by atoms with Gasteiger partial charge in [-0.25, -0.2) is 0 Å². The molecule has 2 aliphatic rings. The molecule has 0 heterocycles. The van der Waals surface area contributed by atoms with Crippen molar-refractivity contribution in [2.45, 2.75) is 52.4 Å². The number of carbonyl (C=O) groups is 1. The van der Waals surface area contributed by atoms with Crippen LogP contribution in [0.1, 0.15) is 62.7 Å². The van der Waals surface area contributed by atoms with E-state index in [-0.39, 0.29) is 18.2 Å². The number of hydrogen-bond acceptors (Lipinski definition) is 3. The number of rotatable bonds is 12. The van der Waals surface area contributed by atoms with E-state index in [2.05, 4.69) is 19.2 Å². The Bertz CT molecular complexity index is 554. The van der Waals surface area contributed by atoms with Crippen molar-refractivity contribution in [3.05, 3.63) is 29.8 Å². The summed E-state index contributed by atoms with van der Waals surface area (Å²) in [5, 5.41) is 3.59. The molecule has 1 aromatic carbocycles. The average Bonchev–Trinajstić information content (AvgIpc) is 3.50. The fraction of sp³-hybridized carbons (Fsp3) is 0.682. The summed E-state index contributed by atoms with van der Waals surface area (Å²) in [5.74, 6) is 4.25. The summed E-state index contributed by atoms with van der Waals surface area (Å²) in [4.78, 5) is 12.2. The summed E-state index contributed by atoms with van der Waals surface area (Å²) in [6.07, 6.45) is 6.86. The Balaban J connectivity index is 0.00000243. The molecule has 26 heavy (non-hydrogen) atoms. The van der Waals surface area contributed by atoms with Crippen molar-refractivity contribution in [2.24, 2.45) is 23.7 Å². The minimum Gasteiger partial charge on any atom is -0.493 e. The molecule has 1 N–H and O–H groups in total. The highest BCUT2D eigenvalue weighted by molar-refractivity contribution is 5.96. The lowest BCUT2D eigenvalue weighted by Gasteiger charge is -2.08. The van der Waals surface area contributed by atoms with E-state index in [0.29, 0.717) is 18.3 Å². The van der Waals surface area contributed by atoms with Crippen molar-refractivity contribution >= 4 is 18.2 Å². The van der Waals surface area contributed by atoms with Crippen LogP contribution in [0.5, 0.6) is 5.75 Å². The van der Waals surface area contributed by atoms with Gasteiger partial charge in [0.25, 0.3) is 0 Å². The monoisotopic (exact) mass is 379 g/mol. The summed E-state index contributed by atoms with van der Waals surface area (Å²) in [6, 6.07) is 7.71. The predicted octanol–water partition coefficient (Wildman–Crippen LogP) is 5.13. The molecule has 0 aromatic heterocycles. The lowest BCUT2D eigenvalue weighted by molar-refractivity contribution is 0.0978. The molecule has 146 valence electrons. The van der Waals surface area contributed by atoms with E-state index in [1.807, 2.05) is 24.3 Å². The second kappa shape index (κ2) is 10.3. The fourth-order valence-electron chi connectivity index (χ4n) is 3.31. The summed E-state index contributed by atoms with van der Waals surface area (Å²) >= 11 is 0. The summed E-state index contributed by atoms with van der Waals surface area (Å²) in [7, 11) is 0. The Morgan fingerprint density at radius 1 is 1.15 bits per heavy atom. The highest BCUT2D eigenvalue weighted by atomic mass is 35.5. The van der Waals surface area contributed by atoms with Crippen LogP contribution < -0.4 is 10.1 Å². The Kier molecular flexibility index (Phi) is 8.43. The quantitative estimate of drug-likeness (QED) is 0.511. The number of nitrogens with one attached hydrogen (secondary N) is 1. The van der Waals surface area contributed by atoms with Gasteiger partial charge in [0.15, 0.2) is 5.78 Å². The van der Waals surface area contributed by atoms with Crippen LogP contribution in [0.2, 0.25) is 0 Å². The average molecular weight is 380 g/mol. The van der Waals surface area contributed by atoms with Crippen molar-refractivity contribution in [3.63, 3.8) is 0 Å². The zero-order chi connectivity index (χ0) is 17.6. The van der Waals surface area contributed by atoms with Gasteiger partial charge in [-0.15, -0.1) is 12.4 Å². The zero-order valence-corrected chi connectivity index (χ0v) is 17.0. The SMILES string of the molecule is CC(C)CCCC(=O)c1ccc(OCC2CC2CNCC2CC2)cc1.Cl. The summed E-state index contributed by atoms with van der Waals surface area (Å²) < 4.78 is 5.91. The molecular formula is C22H34ClNO2. The van der Waals surface area contributed by atoms with E-state index in [0.717, 1.165) is 49.1 Å². The lowest BCUT2D eigenvalue weighted by Crippen LogP contribution is -2.20. The molecule has 3 nitrogen and oxygen atoms in total. The first kappa shape index (κ1) is 21.2. The number of ether oxygens (including phenoxy) is 1. The molecule has 0 spiro atoms. The van der Waals surface area contributed by atoms with Gasteiger partial charge in [-0.2, -0.15) is 0 Å². The van der Waals surface area contributed by atoms with Gasteiger partial charge in [-0.05, 0) is 86.7 Å². The molecule has 4 heteroatoms. The van der Waals surface area contributed by atoms with E-state index < -0.39 is 0 Å². The van der Waals surface area contributed by atoms with Crippen LogP contribution in [0.15, 0.2) is 24.3 Å².